The van der Waals surface area contributed by atoms with Crippen molar-refractivity contribution >= 4 is 23.5 Å². The van der Waals surface area contributed by atoms with Gasteiger partial charge in [0.05, 0.1) is 18.4 Å². The quantitative estimate of drug-likeness (QED) is 0.861. The zero-order valence-electron chi connectivity index (χ0n) is 12.7. The first-order chi connectivity index (χ1) is 11.1. The standard InChI is InChI=1S/C18H17NO4/c1-2-19-16-8-4-3-7-15(16)18(22,17(19)21)12-13(20)9-10-14-6-5-11-23-14/h3-11,22H,2,12H2,1H3/b10-9-/t18-/m0/s1. The van der Waals surface area contributed by atoms with Crippen LogP contribution in [0.1, 0.15) is 24.7 Å². The molecule has 1 amide bonds. The summed E-state index contributed by atoms with van der Waals surface area (Å²) in [4.78, 5) is 26.3. The molecule has 0 aliphatic carbocycles. The largest absolute Gasteiger partial charge is 0.465 e. The Morgan fingerprint density at radius 3 is 2.78 bits per heavy atom. The van der Waals surface area contributed by atoms with Crippen molar-refractivity contribution < 1.29 is 19.1 Å². The highest BCUT2D eigenvalue weighted by Crippen LogP contribution is 2.42. The fourth-order valence-corrected chi connectivity index (χ4v) is 2.86. The van der Waals surface area contributed by atoms with E-state index in [2.05, 4.69) is 0 Å². The van der Waals surface area contributed by atoms with Gasteiger partial charge in [0.25, 0.3) is 5.91 Å². The number of allylic oxidation sites excluding steroid dienone is 1. The van der Waals surface area contributed by atoms with E-state index < -0.39 is 11.5 Å². The van der Waals surface area contributed by atoms with Crippen molar-refractivity contribution in [3.8, 4) is 0 Å². The van der Waals surface area contributed by atoms with Crippen LogP contribution in [0, 0.1) is 0 Å². The molecule has 118 valence electrons. The maximum Gasteiger partial charge on any atom is 0.264 e. The van der Waals surface area contributed by atoms with Crippen molar-refractivity contribution in [3.63, 3.8) is 0 Å². The molecule has 2 heterocycles. The summed E-state index contributed by atoms with van der Waals surface area (Å²) in [5.74, 6) is -0.260. The number of rotatable bonds is 5. The van der Waals surface area contributed by atoms with Crippen molar-refractivity contribution in [2.75, 3.05) is 11.4 Å². The second-order valence-corrected chi connectivity index (χ2v) is 5.42. The van der Waals surface area contributed by atoms with E-state index in [1.807, 2.05) is 6.92 Å². The second-order valence-electron chi connectivity index (χ2n) is 5.42. The molecule has 5 nitrogen and oxygen atoms in total. The molecule has 5 heteroatoms. The van der Waals surface area contributed by atoms with Gasteiger partial charge < -0.3 is 14.4 Å². The van der Waals surface area contributed by atoms with Gasteiger partial charge >= 0.3 is 0 Å². The number of carbonyl (C=O) groups excluding carboxylic acids is 2. The van der Waals surface area contributed by atoms with Gasteiger partial charge in [0.1, 0.15) is 5.76 Å². The number of benzene rings is 1. The summed E-state index contributed by atoms with van der Waals surface area (Å²) >= 11 is 0. The number of nitrogens with zero attached hydrogens (tertiary/aromatic N) is 1. The first-order valence-electron chi connectivity index (χ1n) is 7.44. The van der Waals surface area contributed by atoms with E-state index in [4.69, 9.17) is 4.42 Å². The lowest BCUT2D eigenvalue weighted by Gasteiger charge is -2.21. The van der Waals surface area contributed by atoms with Crippen LogP contribution in [0.2, 0.25) is 0 Å². The predicted molar refractivity (Wildman–Crippen MR) is 85.7 cm³/mol. The number of aliphatic hydroxyl groups is 1. The molecule has 1 aliphatic heterocycles. The lowest BCUT2D eigenvalue weighted by Crippen LogP contribution is -2.41. The minimum atomic E-state index is -1.81. The summed E-state index contributed by atoms with van der Waals surface area (Å²) in [6.07, 6.45) is 4.06. The van der Waals surface area contributed by atoms with Crippen molar-refractivity contribution in [1.82, 2.24) is 0 Å². The van der Waals surface area contributed by atoms with E-state index in [0.29, 0.717) is 23.6 Å². The van der Waals surface area contributed by atoms with Crippen LogP contribution in [-0.4, -0.2) is 23.3 Å². The molecule has 1 aromatic heterocycles. The Kier molecular flexibility index (Phi) is 3.88. The number of hydrogen-bond donors (Lipinski definition) is 1. The average Bonchev–Trinajstić information content (AvgIpc) is 3.13. The Morgan fingerprint density at radius 1 is 1.30 bits per heavy atom. The summed E-state index contributed by atoms with van der Waals surface area (Å²) in [5, 5.41) is 10.9. The van der Waals surface area contributed by atoms with Gasteiger partial charge in [-0.3, -0.25) is 9.59 Å². The smallest absolute Gasteiger partial charge is 0.264 e. The molecule has 0 saturated carbocycles. The van der Waals surface area contributed by atoms with Gasteiger partial charge in [-0.15, -0.1) is 0 Å². The van der Waals surface area contributed by atoms with Crippen molar-refractivity contribution in [3.05, 3.63) is 60.1 Å². The minimum Gasteiger partial charge on any atom is -0.465 e. The maximum absolute atomic E-state index is 12.6. The van der Waals surface area contributed by atoms with E-state index >= 15 is 0 Å². The monoisotopic (exact) mass is 311 g/mol. The van der Waals surface area contributed by atoms with E-state index in [1.165, 1.54) is 23.3 Å². The van der Waals surface area contributed by atoms with Gasteiger partial charge in [0, 0.05) is 12.1 Å². The van der Waals surface area contributed by atoms with E-state index in [9.17, 15) is 14.7 Å². The van der Waals surface area contributed by atoms with Crippen LogP contribution in [0.25, 0.3) is 6.08 Å². The normalized spacial score (nSPS) is 20.3. The molecular formula is C18H17NO4. The van der Waals surface area contributed by atoms with Gasteiger partial charge in [0.15, 0.2) is 11.4 Å². The molecule has 0 saturated heterocycles. The SMILES string of the molecule is CCN1C(=O)[C@](O)(CC(=O)/C=C\c2ccco2)c2ccccc21. The van der Waals surface area contributed by atoms with Crippen LogP contribution < -0.4 is 4.90 Å². The molecule has 0 fully saturated rings. The number of anilines is 1. The molecule has 0 spiro atoms. The number of carbonyl (C=O) groups is 2. The molecule has 3 rings (SSSR count). The maximum atomic E-state index is 12.6. The minimum absolute atomic E-state index is 0.295. The molecule has 23 heavy (non-hydrogen) atoms. The molecule has 1 aliphatic rings. The zero-order chi connectivity index (χ0) is 16.4. The fraction of sp³-hybridized carbons (Fsp3) is 0.222. The Bertz CT molecular complexity index is 763. The molecular weight excluding hydrogens is 294 g/mol. The Hall–Kier alpha value is -2.66. The van der Waals surface area contributed by atoms with Gasteiger partial charge in [-0.1, -0.05) is 18.2 Å². The van der Waals surface area contributed by atoms with Crippen LogP contribution in [0.15, 0.2) is 53.2 Å². The van der Waals surface area contributed by atoms with Crippen LogP contribution in [0.3, 0.4) is 0 Å². The Balaban J connectivity index is 1.86. The van der Waals surface area contributed by atoms with E-state index in [1.54, 1.807) is 36.4 Å². The molecule has 1 aromatic carbocycles. The third-order valence-corrected chi connectivity index (χ3v) is 3.96. The highest BCUT2D eigenvalue weighted by atomic mass is 16.3. The first-order valence-corrected chi connectivity index (χ1v) is 7.44. The van der Waals surface area contributed by atoms with Gasteiger partial charge in [-0.2, -0.15) is 0 Å². The molecule has 1 N–H and O–H groups in total. The number of ketones is 1. The topological polar surface area (TPSA) is 70.8 Å². The van der Waals surface area contributed by atoms with Gasteiger partial charge in [-0.25, -0.2) is 0 Å². The van der Waals surface area contributed by atoms with Gasteiger partial charge in [0.2, 0.25) is 0 Å². The van der Waals surface area contributed by atoms with Crippen LogP contribution in [-0.2, 0) is 15.2 Å². The van der Waals surface area contributed by atoms with E-state index in [0.717, 1.165) is 0 Å². The van der Waals surface area contributed by atoms with Crippen molar-refractivity contribution in [2.24, 2.45) is 0 Å². The number of fused-ring (bicyclic) bond motifs is 1. The van der Waals surface area contributed by atoms with Crippen molar-refractivity contribution in [1.29, 1.82) is 0 Å². The Morgan fingerprint density at radius 2 is 2.09 bits per heavy atom. The van der Waals surface area contributed by atoms with Gasteiger partial charge in [-0.05, 0) is 37.3 Å². The van der Waals surface area contributed by atoms with Crippen LogP contribution in [0.4, 0.5) is 5.69 Å². The first kappa shape index (κ1) is 15.2. The fourth-order valence-electron chi connectivity index (χ4n) is 2.86. The average molecular weight is 311 g/mol. The predicted octanol–water partition coefficient (Wildman–Crippen LogP) is 2.51. The second kappa shape index (κ2) is 5.85. The van der Waals surface area contributed by atoms with Crippen LogP contribution >= 0.6 is 0 Å². The zero-order valence-corrected chi connectivity index (χ0v) is 12.7. The van der Waals surface area contributed by atoms with Crippen LogP contribution in [0.5, 0.6) is 0 Å². The number of furan rings is 1. The highest BCUT2D eigenvalue weighted by Gasteiger charge is 2.49. The number of para-hydroxylation sites is 1. The third-order valence-electron chi connectivity index (χ3n) is 3.96. The molecule has 0 unspecified atom stereocenters. The summed E-state index contributed by atoms with van der Waals surface area (Å²) in [6, 6.07) is 10.4. The summed E-state index contributed by atoms with van der Waals surface area (Å²) in [5.41, 5.74) is -0.672. The summed E-state index contributed by atoms with van der Waals surface area (Å²) < 4.78 is 5.11. The molecule has 1 atom stereocenters. The molecule has 0 bridgehead atoms. The third kappa shape index (κ3) is 2.59. The summed E-state index contributed by atoms with van der Waals surface area (Å²) in [6.45, 7) is 2.27. The van der Waals surface area contributed by atoms with E-state index in [-0.39, 0.29) is 12.2 Å². The molecule has 0 radical (unpaired) electrons. The number of hydrogen-bond acceptors (Lipinski definition) is 4. The Labute approximate surface area is 133 Å². The highest BCUT2D eigenvalue weighted by molar-refractivity contribution is 6.10. The summed E-state index contributed by atoms with van der Waals surface area (Å²) in [7, 11) is 0. The molecule has 2 aromatic rings. The lowest BCUT2D eigenvalue weighted by atomic mass is 9.90. The lowest BCUT2D eigenvalue weighted by molar-refractivity contribution is -0.140. The van der Waals surface area contributed by atoms with Crippen molar-refractivity contribution in [2.45, 2.75) is 18.9 Å². The number of likely N-dealkylation sites (N-methyl/N-ethyl adjacent to an activating group) is 1. The number of amides is 1.